The lowest BCUT2D eigenvalue weighted by Crippen LogP contribution is -2.66. The summed E-state index contributed by atoms with van der Waals surface area (Å²) < 4.78 is 49.4. The summed E-state index contributed by atoms with van der Waals surface area (Å²) in [6.45, 7) is 1.22. The second-order valence-corrected chi connectivity index (χ2v) is 8.24. The first kappa shape index (κ1) is 22.5. The first-order valence-corrected chi connectivity index (χ1v) is 10.8. The van der Waals surface area contributed by atoms with Crippen LogP contribution in [0.5, 0.6) is 0 Å². The van der Waals surface area contributed by atoms with Gasteiger partial charge >= 0.3 is 12.2 Å². The van der Waals surface area contributed by atoms with Gasteiger partial charge in [-0.1, -0.05) is 0 Å². The number of rotatable bonds is 4. The maximum absolute atomic E-state index is 14.6. The van der Waals surface area contributed by atoms with Crippen LogP contribution in [-0.4, -0.2) is 82.7 Å². The molecule has 4 heterocycles. The zero-order chi connectivity index (χ0) is 23.9. The average molecular weight is 476 g/mol. The zero-order valence-corrected chi connectivity index (χ0v) is 18.2. The number of nitrogens with zero attached hydrogens (tertiary/aromatic N) is 4. The van der Waals surface area contributed by atoms with E-state index in [0.717, 1.165) is 0 Å². The predicted octanol–water partition coefficient (Wildman–Crippen LogP) is 2.05. The number of piperazine rings is 1. The van der Waals surface area contributed by atoms with Crippen LogP contribution in [0, 0.1) is 0 Å². The Morgan fingerprint density at radius 3 is 2.53 bits per heavy atom. The number of aromatic amines is 1. The summed E-state index contributed by atoms with van der Waals surface area (Å²) in [5, 5.41) is 15.1. The zero-order valence-electron chi connectivity index (χ0n) is 18.2. The van der Waals surface area contributed by atoms with Gasteiger partial charge < -0.3 is 20.7 Å². The fourth-order valence-electron chi connectivity index (χ4n) is 4.53. The molecule has 1 aromatic carbocycles. The number of morpholine rings is 1. The van der Waals surface area contributed by atoms with Crippen molar-refractivity contribution < 1.29 is 22.7 Å². The summed E-state index contributed by atoms with van der Waals surface area (Å²) in [5.74, 6) is 0.129. The molecule has 34 heavy (non-hydrogen) atoms. The number of ether oxygens (including phenoxy) is 1. The highest BCUT2D eigenvalue weighted by Crippen LogP contribution is 2.43. The van der Waals surface area contributed by atoms with Crippen LogP contribution in [0.4, 0.5) is 23.7 Å². The summed E-state index contributed by atoms with van der Waals surface area (Å²) >= 11 is 0. The Morgan fingerprint density at radius 2 is 1.88 bits per heavy atom. The highest BCUT2D eigenvalue weighted by Gasteiger charge is 2.53. The maximum Gasteiger partial charge on any atom is 0.409 e. The molecule has 2 aromatic heterocycles. The summed E-state index contributed by atoms with van der Waals surface area (Å²) in [7, 11) is 1.49. The lowest BCUT2D eigenvalue weighted by atomic mass is 9.98. The normalized spacial score (nSPS) is 21.9. The second kappa shape index (κ2) is 8.81. The van der Waals surface area contributed by atoms with Crippen molar-refractivity contribution in [2.24, 2.45) is 0 Å². The highest BCUT2D eigenvalue weighted by atomic mass is 19.4. The molecule has 5 rings (SSSR count). The number of urea groups is 1. The molecule has 0 spiro atoms. The van der Waals surface area contributed by atoms with Gasteiger partial charge in [0.1, 0.15) is 0 Å². The molecular weight excluding hydrogens is 453 g/mol. The van der Waals surface area contributed by atoms with Crippen LogP contribution >= 0.6 is 0 Å². The number of hydrogen-bond donors (Lipinski definition) is 4. The number of carbonyl (C=O) groups excluding carboxylic acids is 1. The average Bonchev–Trinajstić information content (AvgIpc) is 3.27. The van der Waals surface area contributed by atoms with Gasteiger partial charge in [-0.3, -0.25) is 10.00 Å². The molecule has 0 radical (unpaired) electrons. The molecule has 2 fully saturated rings. The highest BCUT2D eigenvalue weighted by molar-refractivity contribution is 5.89. The van der Waals surface area contributed by atoms with Gasteiger partial charge in [0.25, 0.3) is 0 Å². The van der Waals surface area contributed by atoms with Gasteiger partial charge in [-0.2, -0.15) is 18.3 Å². The van der Waals surface area contributed by atoms with Crippen molar-refractivity contribution in [2.45, 2.75) is 24.3 Å². The van der Waals surface area contributed by atoms with E-state index >= 15 is 0 Å². The lowest BCUT2D eigenvalue weighted by molar-refractivity contribution is -0.220. The number of alkyl halides is 3. The number of nitrogens with one attached hydrogen (secondary N) is 4. The topological polar surface area (TPSA) is 120 Å². The number of anilines is 1. The van der Waals surface area contributed by atoms with Crippen molar-refractivity contribution in [3.8, 4) is 11.4 Å². The van der Waals surface area contributed by atoms with Gasteiger partial charge in [0.15, 0.2) is 17.5 Å². The Labute approximate surface area is 192 Å². The van der Waals surface area contributed by atoms with E-state index in [4.69, 9.17) is 4.74 Å². The van der Waals surface area contributed by atoms with Crippen LogP contribution < -0.4 is 16.0 Å². The molecule has 4 N–H and O–H groups in total. The molecule has 3 atom stereocenters. The number of fused-ring (bicyclic) bond motifs is 3. The van der Waals surface area contributed by atoms with Crippen LogP contribution in [0.25, 0.3) is 22.4 Å². The van der Waals surface area contributed by atoms with Gasteiger partial charge in [0, 0.05) is 43.5 Å². The fourth-order valence-corrected chi connectivity index (χ4v) is 4.53. The molecule has 2 amide bonds. The second-order valence-electron chi connectivity index (χ2n) is 8.24. The first-order valence-electron chi connectivity index (χ1n) is 10.8. The van der Waals surface area contributed by atoms with E-state index in [-0.39, 0.29) is 41.8 Å². The van der Waals surface area contributed by atoms with Crippen molar-refractivity contribution in [3.63, 3.8) is 0 Å². The van der Waals surface area contributed by atoms with Gasteiger partial charge in [-0.15, -0.1) is 0 Å². The van der Waals surface area contributed by atoms with Gasteiger partial charge in [0.05, 0.1) is 30.5 Å². The smallest absolute Gasteiger partial charge is 0.378 e. The van der Waals surface area contributed by atoms with Crippen molar-refractivity contribution in [2.75, 3.05) is 38.7 Å². The number of halogens is 3. The van der Waals surface area contributed by atoms with Crippen LogP contribution in [0.15, 0.2) is 30.5 Å². The third kappa shape index (κ3) is 4.17. The van der Waals surface area contributed by atoms with Crippen LogP contribution in [0.1, 0.15) is 11.7 Å². The SMILES string of the molecule is CNC(=O)Nc1ccc(-c2nc(C(N3C4CNCC3COC4)C(F)(F)F)c3cn[nH]c3n2)cc1. The largest absolute Gasteiger partial charge is 0.409 e. The monoisotopic (exact) mass is 476 g/mol. The van der Waals surface area contributed by atoms with Crippen LogP contribution in [0.2, 0.25) is 0 Å². The van der Waals surface area contributed by atoms with E-state index in [9.17, 15) is 18.0 Å². The maximum atomic E-state index is 14.6. The Kier molecular flexibility index (Phi) is 5.83. The third-order valence-corrected chi connectivity index (χ3v) is 6.06. The molecule has 10 nitrogen and oxygen atoms in total. The number of amides is 2. The summed E-state index contributed by atoms with van der Waals surface area (Å²) in [5.41, 5.74) is 1.10. The molecule has 2 aliphatic heterocycles. The number of carbonyl (C=O) groups is 1. The van der Waals surface area contributed by atoms with Gasteiger partial charge in [0.2, 0.25) is 0 Å². The van der Waals surface area contributed by atoms with E-state index in [1.54, 1.807) is 24.3 Å². The molecule has 13 heteroatoms. The molecule has 0 aliphatic carbocycles. The number of benzene rings is 1. The first-order chi connectivity index (χ1) is 16.3. The van der Waals surface area contributed by atoms with E-state index in [0.29, 0.717) is 24.3 Å². The van der Waals surface area contributed by atoms with Gasteiger partial charge in [-0.25, -0.2) is 14.8 Å². The number of aromatic nitrogens is 4. The molecule has 3 unspecified atom stereocenters. The number of H-pyrrole nitrogens is 1. The molecule has 0 saturated carbocycles. The van der Waals surface area contributed by atoms with E-state index < -0.39 is 24.3 Å². The van der Waals surface area contributed by atoms with Crippen LogP contribution in [-0.2, 0) is 4.74 Å². The summed E-state index contributed by atoms with van der Waals surface area (Å²) in [4.78, 5) is 21.8. The lowest BCUT2D eigenvalue weighted by Gasteiger charge is -2.49. The molecule has 180 valence electrons. The van der Waals surface area contributed by atoms with E-state index in [1.165, 1.54) is 18.1 Å². The van der Waals surface area contributed by atoms with Crippen LogP contribution in [0.3, 0.4) is 0 Å². The standard InChI is InChI=1S/C21H23F3N8O2/c1-25-20(33)28-12-4-2-11(3-5-12)18-29-16(15-8-27-31-19(15)30-18)17(21(22,23)24)32-13-6-26-7-14(32)10-34-9-13/h2-5,8,13-14,17,26H,6-7,9-10H2,1H3,(H2,25,28,33)(H,27,29,30,31). The fraction of sp³-hybridized carbons (Fsp3) is 0.429. The van der Waals surface area contributed by atoms with E-state index in [1.807, 2.05) is 0 Å². The molecular formula is C21H23F3N8O2. The predicted molar refractivity (Wildman–Crippen MR) is 117 cm³/mol. The van der Waals surface area contributed by atoms with Gasteiger partial charge in [-0.05, 0) is 24.3 Å². The Hall–Kier alpha value is -3.29. The molecule has 2 saturated heterocycles. The van der Waals surface area contributed by atoms with Crippen molar-refractivity contribution >= 4 is 22.8 Å². The van der Waals surface area contributed by atoms with Crippen molar-refractivity contribution in [1.82, 2.24) is 35.7 Å². The third-order valence-electron chi connectivity index (χ3n) is 6.06. The quantitative estimate of drug-likeness (QED) is 0.455. The summed E-state index contributed by atoms with van der Waals surface area (Å²) in [6.07, 6.45) is -3.25. The minimum absolute atomic E-state index is 0.129. The Balaban J connectivity index is 1.58. The van der Waals surface area contributed by atoms with Crippen molar-refractivity contribution in [1.29, 1.82) is 0 Å². The minimum atomic E-state index is -4.58. The Bertz CT molecular complexity index is 1160. The van der Waals surface area contributed by atoms with E-state index in [2.05, 4.69) is 36.1 Å². The molecule has 2 bridgehead atoms. The number of hydrogen-bond acceptors (Lipinski definition) is 7. The van der Waals surface area contributed by atoms with Crippen molar-refractivity contribution in [3.05, 3.63) is 36.2 Å². The Morgan fingerprint density at radius 1 is 1.18 bits per heavy atom. The molecule has 2 aliphatic rings. The molecule has 3 aromatic rings. The summed E-state index contributed by atoms with van der Waals surface area (Å²) in [6, 6.07) is 3.34. The minimum Gasteiger partial charge on any atom is -0.378 e.